The molecule has 1 fully saturated rings. The number of aliphatic hydroxyl groups is 1. The Balaban J connectivity index is 2.54. The number of hydrogen-bond donors (Lipinski definition) is 1. The number of sulfonamides is 1. The van der Waals surface area contributed by atoms with Crippen LogP contribution in [0.4, 0.5) is 0 Å². The maximum atomic E-state index is 12.6. The molecule has 4 nitrogen and oxygen atoms in total. The minimum Gasteiger partial charge on any atom is -0.392 e. The van der Waals surface area contributed by atoms with Crippen LogP contribution in [0.2, 0.25) is 10.0 Å². The van der Waals surface area contributed by atoms with Crippen molar-refractivity contribution >= 4 is 33.2 Å². The van der Waals surface area contributed by atoms with Crippen LogP contribution in [0, 0.1) is 0 Å². The van der Waals surface area contributed by atoms with E-state index in [2.05, 4.69) is 0 Å². The molecule has 1 aliphatic rings. The van der Waals surface area contributed by atoms with Crippen molar-refractivity contribution in [3.63, 3.8) is 0 Å². The molecule has 1 aromatic rings. The van der Waals surface area contributed by atoms with Crippen molar-refractivity contribution in [2.45, 2.75) is 37.3 Å². The van der Waals surface area contributed by atoms with E-state index in [0.29, 0.717) is 12.1 Å². The average molecular weight is 324 g/mol. The number of benzene rings is 1. The van der Waals surface area contributed by atoms with Crippen LogP contribution < -0.4 is 0 Å². The molecule has 7 heteroatoms. The Kier molecular flexibility index (Phi) is 4.42. The van der Waals surface area contributed by atoms with E-state index in [0.717, 1.165) is 12.8 Å². The highest BCUT2D eigenvalue weighted by Gasteiger charge is 2.34. The van der Waals surface area contributed by atoms with E-state index in [-0.39, 0.29) is 27.6 Å². The number of nitrogens with zero attached hydrogens (tertiary/aromatic N) is 1. The molecule has 2 rings (SSSR count). The third-order valence-electron chi connectivity index (χ3n) is 3.33. The van der Waals surface area contributed by atoms with Crippen LogP contribution in [0.15, 0.2) is 17.0 Å². The molecule has 1 unspecified atom stereocenters. The van der Waals surface area contributed by atoms with Gasteiger partial charge in [-0.15, -0.1) is 0 Å². The molecule has 1 heterocycles. The highest BCUT2D eigenvalue weighted by molar-refractivity contribution is 7.89. The summed E-state index contributed by atoms with van der Waals surface area (Å²) in [5.74, 6) is 0. The second kappa shape index (κ2) is 5.58. The van der Waals surface area contributed by atoms with Gasteiger partial charge in [-0.1, -0.05) is 23.2 Å². The van der Waals surface area contributed by atoms with Crippen LogP contribution in [0.5, 0.6) is 0 Å². The average Bonchev–Trinajstić information content (AvgIpc) is 2.78. The molecule has 0 bridgehead atoms. The van der Waals surface area contributed by atoms with Crippen molar-refractivity contribution in [1.82, 2.24) is 4.31 Å². The van der Waals surface area contributed by atoms with Gasteiger partial charge in [0.2, 0.25) is 10.0 Å². The normalized spacial score (nSPS) is 20.9. The van der Waals surface area contributed by atoms with E-state index in [1.54, 1.807) is 0 Å². The van der Waals surface area contributed by atoms with Gasteiger partial charge in [-0.3, -0.25) is 0 Å². The first-order valence-corrected chi connectivity index (χ1v) is 8.18. The lowest BCUT2D eigenvalue weighted by atomic mass is 10.2. The van der Waals surface area contributed by atoms with Crippen LogP contribution in [-0.4, -0.2) is 30.4 Å². The minimum absolute atomic E-state index is 0.0283. The van der Waals surface area contributed by atoms with Gasteiger partial charge < -0.3 is 5.11 Å². The summed E-state index contributed by atoms with van der Waals surface area (Å²) >= 11 is 12.0. The van der Waals surface area contributed by atoms with Crippen LogP contribution in [-0.2, 0) is 16.6 Å². The molecule has 1 aromatic carbocycles. The summed E-state index contributed by atoms with van der Waals surface area (Å²) in [6.07, 6.45) is 1.68. The van der Waals surface area contributed by atoms with Crippen molar-refractivity contribution in [2.75, 3.05) is 6.54 Å². The molecular weight excluding hydrogens is 309 g/mol. The van der Waals surface area contributed by atoms with Crippen LogP contribution in [0.25, 0.3) is 0 Å². The van der Waals surface area contributed by atoms with Gasteiger partial charge in [0.05, 0.1) is 11.6 Å². The second-order valence-electron chi connectivity index (χ2n) is 4.64. The second-order valence-corrected chi connectivity index (χ2v) is 7.32. The van der Waals surface area contributed by atoms with E-state index < -0.39 is 10.0 Å². The Morgan fingerprint density at radius 2 is 2.11 bits per heavy atom. The lowest BCUT2D eigenvalue weighted by Gasteiger charge is -2.22. The Bertz CT molecular complexity index is 589. The first-order valence-electron chi connectivity index (χ1n) is 5.98. The molecule has 1 N–H and O–H groups in total. The van der Waals surface area contributed by atoms with Crippen LogP contribution >= 0.6 is 23.2 Å². The van der Waals surface area contributed by atoms with Crippen LogP contribution in [0.1, 0.15) is 25.3 Å². The summed E-state index contributed by atoms with van der Waals surface area (Å²) in [6.45, 7) is 2.01. The van der Waals surface area contributed by atoms with E-state index in [9.17, 15) is 13.5 Å². The van der Waals surface area contributed by atoms with E-state index in [1.807, 2.05) is 6.92 Å². The van der Waals surface area contributed by atoms with Crippen molar-refractivity contribution in [2.24, 2.45) is 0 Å². The molecular formula is C12H15Cl2NO3S. The van der Waals surface area contributed by atoms with Gasteiger partial charge in [0.1, 0.15) is 4.90 Å². The van der Waals surface area contributed by atoms with Gasteiger partial charge in [-0.05, 0) is 37.5 Å². The third-order valence-corrected chi connectivity index (χ3v) is 6.14. The van der Waals surface area contributed by atoms with Gasteiger partial charge in [0.15, 0.2) is 0 Å². The zero-order valence-corrected chi connectivity index (χ0v) is 12.8. The standard InChI is InChI=1S/C12H15Cl2NO3S/c1-8-3-2-4-15(8)19(17,18)11-6-10(13)5-9(7-16)12(11)14/h5-6,8,16H,2-4,7H2,1H3. The first kappa shape index (κ1) is 15.1. The maximum Gasteiger partial charge on any atom is 0.244 e. The largest absolute Gasteiger partial charge is 0.392 e. The Morgan fingerprint density at radius 1 is 1.42 bits per heavy atom. The Hall–Kier alpha value is -0.330. The molecule has 0 aromatic heterocycles. The predicted octanol–water partition coefficient (Wildman–Crippen LogP) is 2.66. The van der Waals surface area contributed by atoms with Gasteiger partial charge in [0, 0.05) is 17.6 Å². The highest BCUT2D eigenvalue weighted by atomic mass is 35.5. The lowest BCUT2D eigenvalue weighted by Crippen LogP contribution is -2.33. The topological polar surface area (TPSA) is 57.6 Å². The Morgan fingerprint density at radius 3 is 2.63 bits per heavy atom. The van der Waals surface area contributed by atoms with Gasteiger partial charge >= 0.3 is 0 Å². The van der Waals surface area contributed by atoms with Gasteiger partial charge in [-0.25, -0.2) is 8.42 Å². The minimum atomic E-state index is -3.67. The summed E-state index contributed by atoms with van der Waals surface area (Å²) < 4.78 is 26.6. The van der Waals surface area contributed by atoms with Gasteiger partial charge in [-0.2, -0.15) is 4.31 Å². The maximum absolute atomic E-state index is 12.6. The van der Waals surface area contributed by atoms with E-state index in [1.165, 1.54) is 16.4 Å². The fourth-order valence-electron chi connectivity index (χ4n) is 2.31. The number of hydrogen-bond acceptors (Lipinski definition) is 3. The molecule has 1 atom stereocenters. The molecule has 19 heavy (non-hydrogen) atoms. The monoisotopic (exact) mass is 323 g/mol. The summed E-state index contributed by atoms with van der Waals surface area (Å²) in [5, 5.41) is 9.50. The van der Waals surface area contributed by atoms with Crippen molar-refractivity contribution < 1.29 is 13.5 Å². The zero-order chi connectivity index (χ0) is 14.2. The molecule has 0 spiro atoms. The van der Waals surface area contributed by atoms with Crippen molar-refractivity contribution in [3.8, 4) is 0 Å². The van der Waals surface area contributed by atoms with E-state index >= 15 is 0 Å². The molecule has 1 saturated heterocycles. The molecule has 0 saturated carbocycles. The number of aliphatic hydroxyl groups excluding tert-OH is 1. The summed E-state index contributed by atoms with van der Waals surface area (Å²) in [5.41, 5.74) is 0.319. The molecule has 1 aliphatic heterocycles. The highest BCUT2D eigenvalue weighted by Crippen LogP contribution is 2.34. The van der Waals surface area contributed by atoms with Crippen LogP contribution in [0.3, 0.4) is 0 Å². The zero-order valence-electron chi connectivity index (χ0n) is 10.4. The van der Waals surface area contributed by atoms with Crippen molar-refractivity contribution in [3.05, 3.63) is 27.7 Å². The lowest BCUT2D eigenvalue weighted by molar-refractivity contribution is 0.281. The molecule has 106 valence electrons. The molecule has 0 aliphatic carbocycles. The fraction of sp³-hybridized carbons (Fsp3) is 0.500. The van der Waals surface area contributed by atoms with Crippen molar-refractivity contribution in [1.29, 1.82) is 0 Å². The number of halogens is 2. The quantitative estimate of drug-likeness (QED) is 0.930. The SMILES string of the molecule is CC1CCCN1S(=O)(=O)c1cc(Cl)cc(CO)c1Cl. The molecule has 0 radical (unpaired) electrons. The van der Waals surface area contributed by atoms with Gasteiger partial charge in [0.25, 0.3) is 0 Å². The summed E-state index contributed by atoms with van der Waals surface area (Å²) in [4.78, 5) is -0.0283. The van der Waals surface area contributed by atoms with E-state index in [4.69, 9.17) is 23.2 Å². The first-order chi connectivity index (χ1) is 8.87. The predicted molar refractivity (Wildman–Crippen MR) is 75.0 cm³/mol. The summed E-state index contributed by atoms with van der Waals surface area (Å²) in [6, 6.07) is 2.76. The molecule has 0 amide bonds. The third kappa shape index (κ3) is 2.76. The fourth-order valence-corrected chi connectivity index (χ4v) is 4.91. The summed E-state index contributed by atoms with van der Waals surface area (Å²) in [7, 11) is -3.67. The Labute approximate surface area is 123 Å². The smallest absolute Gasteiger partial charge is 0.244 e. The number of rotatable bonds is 3.